The van der Waals surface area contributed by atoms with Crippen LogP contribution in [0.15, 0.2) is 72.8 Å². The molecule has 0 aliphatic heterocycles. The molecule has 0 radical (unpaired) electrons. The van der Waals surface area contributed by atoms with E-state index >= 15 is 0 Å². The van der Waals surface area contributed by atoms with Crippen molar-refractivity contribution >= 4 is 17.6 Å². The summed E-state index contributed by atoms with van der Waals surface area (Å²) in [4.78, 5) is 25.6. The summed E-state index contributed by atoms with van der Waals surface area (Å²) in [6.07, 6.45) is 0.408. The summed E-state index contributed by atoms with van der Waals surface area (Å²) in [7, 11) is 0. The predicted octanol–water partition coefficient (Wildman–Crippen LogP) is 4.17. The summed E-state index contributed by atoms with van der Waals surface area (Å²) < 4.78 is 5.17. The van der Waals surface area contributed by atoms with Crippen molar-refractivity contribution in [1.29, 1.82) is 0 Å². The van der Waals surface area contributed by atoms with Crippen LogP contribution >= 0.6 is 0 Å². The second-order valence-corrected chi connectivity index (χ2v) is 7.95. The molecule has 0 bridgehead atoms. The van der Waals surface area contributed by atoms with Gasteiger partial charge in [0.15, 0.2) is 0 Å². The van der Waals surface area contributed by atoms with Gasteiger partial charge in [0.25, 0.3) is 0 Å². The SMILES string of the molecule is CCOC(=O)C(Cc1ccc(N([O-])O)cc1)NC(=O)CC1c2ccccc2-c2ccccc21. The molecule has 1 amide bonds. The van der Waals surface area contributed by atoms with Crippen molar-refractivity contribution in [1.82, 2.24) is 5.32 Å². The molecule has 33 heavy (non-hydrogen) atoms. The number of nitrogens with zero attached hydrogens (tertiary/aromatic N) is 1. The molecular weight excluding hydrogens is 420 g/mol. The van der Waals surface area contributed by atoms with Crippen LogP contribution < -0.4 is 10.5 Å². The molecule has 1 aliphatic carbocycles. The van der Waals surface area contributed by atoms with Gasteiger partial charge in [-0.1, -0.05) is 60.7 Å². The molecule has 0 heterocycles. The number of carbonyl (C=O) groups excluding carboxylic acids is 2. The van der Waals surface area contributed by atoms with Gasteiger partial charge < -0.3 is 20.5 Å². The Morgan fingerprint density at radius 1 is 1.00 bits per heavy atom. The molecule has 0 saturated heterocycles. The minimum absolute atomic E-state index is 0.0778. The maximum atomic E-state index is 13.1. The highest BCUT2D eigenvalue weighted by Crippen LogP contribution is 2.45. The third-order valence-corrected chi connectivity index (χ3v) is 5.86. The van der Waals surface area contributed by atoms with Crippen molar-refractivity contribution in [2.45, 2.75) is 31.7 Å². The van der Waals surface area contributed by atoms with Crippen LogP contribution in [0, 0.1) is 5.21 Å². The zero-order valence-corrected chi connectivity index (χ0v) is 18.2. The first-order valence-electron chi connectivity index (χ1n) is 10.9. The molecule has 1 atom stereocenters. The number of hydrogen-bond donors (Lipinski definition) is 2. The number of ether oxygens (including phenoxy) is 1. The quantitative estimate of drug-likeness (QED) is 0.399. The molecule has 7 heteroatoms. The van der Waals surface area contributed by atoms with Crippen molar-refractivity contribution in [3.05, 3.63) is 94.7 Å². The van der Waals surface area contributed by atoms with E-state index in [4.69, 9.17) is 9.94 Å². The molecule has 0 saturated carbocycles. The lowest BCUT2D eigenvalue weighted by molar-refractivity contribution is -0.147. The summed E-state index contributed by atoms with van der Waals surface area (Å²) in [5, 5.41) is 22.6. The lowest BCUT2D eigenvalue weighted by Crippen LogP contribution is -2.43. The molecule has 1 aliphatic rings. The molecule has 0 fully saturated rings. The van der Waals surface area contributed by atoms with Crippen molar-refractivity contribution in [3.8, 4) is 11.1 Å². The van der Waals surface area contributed by atoms with E-state index < -0.39 is 12.0 Å². The molecule has 3 aromatic carbocycles. The molecule has 0 spiro atoms. The average Bonchev–Trinajstić information content (AvgIpc) is 3.13. The number of carbonyl (C=O) groups is 2. The first-order valence-corrected chi connectivity index (χ1v) is 10.9. The second kappa shape index (κ2) is 9.85. The van der Waals surface area contributed by atoms with E-state index in [1.54, 1.807) is 19.1 Å². The van der Waals surface area contributed by atoms with E-state index in [1.807, 2.05) is 36.4 Å². The van der Waals surface area contributed by atoms with Crippen LogP contribution in [0.1, 0.15) is 36.0 Å². The highest BCUT2D eigenvalue weighted by molar-refractivity contribution is 5.87. The minimum Gasteiger partial charge on any atom is -0.733 e. The van der Waals surface area contributed by atoms with Gasteiger partial charge in [-0.2, -0.15) is 0 Å². The Morgan fingerprint density at radius 3 is 2.12 bits per heavy atom. The summed E-state index contributed by atoms with van der Waals surface area (Å²) >= 11 is 0. The van der Waals surface area contributed by atoms with Crippen LogP contribution in [0.5, 0.6) is 0 Å². The van der Waals surface area contributed by atoms with E-state index in [9.17, 15) is 14.8 Å². The van der Waals surface area contributed by atoms with Gasteiger partial charge in [-0.15, -0.1) is 0 Å². The van der Waals surface area contributed by atoms with Gasteiger partial charge in [-0.25, -0.2) is 4.79 Å². The predicted molar refractivity (Wildman–Crippen MR) is 125 cm³/mol. The maximum absolute atomic E-state index is 13.1. The van der Waals surface area contributed by atoms with Crippen LogP contribution in [0.3, 0.4) is 0 Å². The fraction of sp³-hybridized carbons (Fsp3) is 0.231. The molecule has 0 aromatic heterocycles. The fourth-order valence-electron chi connectivity index (χ4n) is 4.35. The van der Waals surface area contributed by atoms with Gasteiger partial charge in [0, 0.05) is 18.8 Å². The van der Waals surface area contributed by atoms with Gasteiger partial charge in [0.1, 0.15) is 6.04 Å². The number of anilines is 1. The summed E-state index contributed by atoms with van der Waals surface area (Å²) in [6, 6.07) is 21.4. The largest absolute Gasteiger partial charge is 0.733 e. The number of esters is 1. The number of amides is 1. The van der Waals surface area contributed by atoms with Crippen LogP contribution in [0.25, 0.3) is 11.1 Å². The van der Waals surface area contributed by atoms with Crippen LogP contribution in [0.2, 0.25) is 0 Å². The maximum Gasteiger partial charge on any atom is 0.328 e. The molecule has 170 valence electrons. The van der Waals surface area contributed by atoms with Gasteiger partial charge in [0.05, 0.1) is 12.3 Å². The summed E-state index contributed by atoms with van der Waals surface area (Å²) in [6.45, 7) is 1.91. The lowest BCUT2D eigenvalue weighted by atomic mass is 9.93. The van der Waals surface area contributed by atoms with Gasteiger partial charge in [-0.3, -0.25) is 10.0 Å². The molecule has 7 nitrogen and oxygen atoms in total. The topological polar surface area (TPSA) is 102 Å². The van der Waals surface area contributed by atoms with Crippen molar-refractivity contribution < 1.29 is 19.5 Å². The average molecular weight is 445 g/mol. The van der Waals surface area contributed by atoms with Crippen LogP contribution in [-0.4, -0.2) is 29.7 Å². The monoisotopic (exact) mass is 445 g/mol. The first-order chi connectivity index (χ1) is 16.0. The number of rotatable bonds is 8. The standard InChI is InChI=1S/C26H25N2O5/c1-2-33-26(30)24(15-17-11-13-18(14-12-17)28(31)32)27-25(29)16-23-21-9-5-3-7-19(21)20-8-4-6-10-22(20)23/h3-14,23-24,31H,2,15-16H2,1H3,(H,27,29)/q-1. The Labute approximate surface area is 192 Å². The fourth-order valence-corrected chi connectivity index (χ4v) is 4.35. The number of benzene rings is 3. The first kappa shape index (κ1) is 22.5. The number of hydrogen-bond acceptors (Lipinski definition) is 6. The van der Waals surface area contributed by atoms with Crippen LogP contribution in [-0.2, 0) is 20.7 Å². The molecule has 3 aromatic rings. The Bertz CT molecular complexity index is 1100. The van der Waals surface area contributed by atoms with E-state index in [0.717, 1.165) is 27.8 Å². The van der Waals surface area contributed by atoms with Crippen LogP contribution in [0.4, 0.5) is 5.69 Å². The summed E-state index contributed by atoms with van der Waals surface area (Å²) in [5.41, 5.74) is 5.25. The minimum atomic E-state index is -0.868. The molecule has 1 unspecified atom stereocenters. The zero-order valence-electron chi connectivity index (χ0n) is 18.2. The van der Waals surface area contributed by atoms with Gasteiger partial charge in [0.2, 0.25) is 5.91 Å². The number of nitrogens with one attached hydrogen (secondary N) is 1. The van der Waals surface area contributed by atoms with E-state index in [1.165, 1.54) is 12.1 Å². The summed E-state index contributed by atoms with van der Waals surface area (Å²) in [5.74, 6) is -0.857. The third kappa shape index (κ3) is 4.89. The smallest absolute Gasteiger partial charge is 0.328 e. The Morgan fingerprint density at radius 2 is 1.58 bits per heavy atom. The second-order valence-electron chi connectivity index (χ2n) is 7.95. The highest BCUT2D eigenvalue weighted by Gasteiger charge is 2.31. The van der Waals surface area contributed by atoms with Crippen molar-refractivity contribution in [2.75, 3.05) is 11.8 Å². The highest BCUT2D eigenvalue weighted by atomic mass is 16.8. The Kier molecular flexibility index (Phi) is 6.72. The number of fused-ring (bicyclic) bond motifs is 3. The van der Waals surface area contributed by atoms with E-state index in [0.29, 0.717) is 0 Å². The van der Waals surface area contributed by atoms with E-state index in [-0.39, 0.29) is 42.2 Å². The molecule has 2 N–H and O–H groups in total. The zero-order chi connectivity index (χ0) is 23.4. The van der Waals surface area contributed by atoms with Gasteiger partial charge in [-0.05, 0) is 46.9 Å². The molecular formula is C26H25N2O5-. The van der Waals surface area contributed by atoms with Crippen molar-refractivity contribution in [2.24, 2.45) is 0 Å². The van der Waals surface area contributed by atoms with Gasteiger partial charge >= 0.3 is 5.97 Å². The molecule has 4 rings (SSSR count). The lowest BCUT2D eigenvalue weighted by Gasteiger charge is -2.22. The van der Waals surface area contributed by atoms with E-state index in [2.05, 4.69) is 17.4 Å². The third-order valence-electron chi connectivity index (χ3n) is 5.86. The van der Waals surface area contributed by atoms with Crippen molar-refractivity contribution in [3.63, 3.8) is 0 Å². The Hall–Kier alpha value is -3.68. The Balaban J connectivity index is 1.51. The normalized spacial score (nSPS) is 13.1.